The number of hydrogen-bond acceptors (Lipinski definition) is 1. The van der Waals surface area contributed by atoms with Crippen LogP contribution in [-0.4, -0.2) is 5.51 Å². The molecule has 0 saturated carbocycles. The molecule has 0 rings (SSSR count). The molecule has 0 aromatic rings. The molecule has 0 aromatic heterocycles. The van der Waals surface area contributed by atoms with Gasteiger partial charge >= 0.3 is 51.5 Å². The van der Waals surface area contributed by atoms with Gasteiger partial charge in [-0.1, -0.05) is 0 Å². The van der Waals surface area contributed by atoms with Crippen LogP contribution in [0.2, 0.25) is 0 Å². The molecule has 0 aliphatic carbocycles. The van der Waals surface area contributed by atoms with Crippen molar-refractivity contribution in [3.63, 3.8) is 0 Å². The summed E-state index contributed by atoms with van der Waals surface area (Å²) in [7, 11) is 0.0764. The van der Waals surface area contributed by atoms with Crippen LogP contribution in [0.3, 0.4) is 0 Å². The molecule has 0 nitrogen and oxygen atoms in total. The van der Waals surface area contributed by atoms with Gasteiger partial charge in [-0.25, -0.2) is 0 Å². The van der Waals surface area contributed by atoms with E-state index in [1.165, 1.54) is 0 Å². The van der Waals surface area contributed by atoms with Crippen LogP contribution < -0.4 is 0 Å². The molecule has 0 unspecified atom stereocenters. The van der Waals surface area contributed by atoms with Gasteiger partial charge in [-0.15, -0.1) is 0 Å². The fourth-order valence-corrected chi connectivity index (χ4v) is 0. The Morgan fingerprint density at radius 2 is 1.50 bits per heavy atom. The third-order valence-corrected chi connectivity index (χ3v) is 4.31. The Kier molecular flexibility index (Phi) is 2.83. The molecule has 0 N–H and O–H groups in total. The van der Waals surface area contributed by atoms with Crippen molar-refractivity contribution in [3.05, 3.63) is 0 Å². The molecule has 0 aliphatic heterocycles. The van der Waals surface area contributed by atoms with Gasteiger partial charge in [0.2, 0.25) is 0 Å². The first-order valence-corrected chi connectivity index (χ1v) is 8.78. The summed E-state index contributed by atoms with van der Waals surface area (Å²) in [6, 6.07) is 0. The van der Waals surface area contributed by atoms with Crippen LogP contribution in [0, 0.1) is 0 Å². The van der Waals surface area contributed by atoms with Crippen LogP contribution in [0.5, 0.6) is 0 Å². The van der Waals surface area contributed by atoms with Crippen LogP contribution in [-0.2, 0) is 24.6 Å². The second-order valence-electron chi connectivity index (χ2n) is 0.590. The van der Waals surface area contributed by atoms with E-state index < -0.39 is 5.51 Å². The van der Waals surface area contributed by atoms with E-state index >= 15 is 0 Å². The van der Waals surface area contributed by atoms with E-state index in [0.29, 0.717) is 0 Å². The molecule has 0 amide bonds. The number of halogens is 3. The van der Waals surface area contributed by atoms with E-state index in [1.807, 2.05) is 0 Å². The van der Waals surface area contributed by atoms with Gasteiger partial charge in [-0.2, -0.15) is 0 Å². The normalized spacial score (nSPS) is 12.2. The van der Waals surface area contributed by atoms with Gasteiger partial charge in [0.05, 0.1) is 0 Å². The van der Waals surface area contributed by atoms with Crippen LogP contribution in [0.15, 0.2) is 0 Å². The van der Waals surface area contributed by atoms with Crippen LogP contribution in [0.4, 0.5) is 13.2 Å². The van der Waals surface area contributed by atoms with Gasteiger partial charge < -0.3 is 0 Å². The van der Waals surface area contributed by atoms with Crippen molar-refractivity contribution in [1.29, 1.82) is 0 Å². The molecule has 5 heteroatoms. The van der Waals surface area contributed by atoms with E-state index in [0.717, 1.165) is 0 Å². The molecule has 0 spiro atoms. The molecular formula is CF3HgS. The summed E-state index contributed by atoms with van der Waals surface area (Å²) in [5.41, 5.74) is -3.96. The molecule has 0 radical (unpaired) electrons. The molecule has 6 heavy (non-hydrogen) atoms. The standard InChI is InChI=1S/CHF3S.Hg/c2-1(3,4)5;/h5H;/q;+1/p-1. The third kappa shape index (κ3) is 5.08. The van der Waals surface area contributed by atoms with E-state index in [1.54, 1.807) is 0 Å². The SMILES string of the molecule is FC(F)(F)[S][Hg]. The van der Waals surface area contributed by atoms with E-state index in [2.05, 4.69) is 0 Å². The van der Waals surface area contributed by atoms with Gasteiger partial charge in [0, 0.05) is 0 Å². The second kappa shape index (κ2) is 2.40. The van der Waals surface area contributed by atoms with Gasteiger partial charge in [0.25, 0.3) is 0 Å². The summed E-state index contributed by atoms with van der Waals surface area (Å²) in [5, 5.41) is 0. The maximum atomic E-state index is 10.8. The third-order valence-electron chi connectivity index (χ3n) is 0.164. The Morgan fingerprint density at radius 3 is 1.50 bits per heavy atom. The molecule has 33 valence electrons. The number of alkyl halides is 3. The quantitative estimate of drug-likeness (QED) is 0.614. The molecule has 0 aromatic carbocycles. The van der Waals surface area contributed by atoms with Crippen molar-refractivity contribution in [2.24, 2.45) is 0 Å². The average Bonchev–Trinajstić information content (AvgIpc) is 1.35. The zero-order valence-electron chi connectivity index (χ0n) is 2.75. The molecule has 0 atom stereocenters. The Morgan fingerprint density at radius 1 is 1.33 bits per heavy atom. The molecule has 0 heterocycles. The average molecular weight is 302 g/mol. The Balaban J connectivity index is 3.17. The molecule has 0 saturated heterocycles. The van der Waals surface area contributed by atoms with Crippen LogP contribution in [0.1, 0.15) is 0 Å². The molecule has 0 fully saturated rings. The monoisotopic (exact) mass is 303 g/mol. The summed E-state index contributed by atoms with van der Waals surface area (Å²) in [6.07, 6.45) is 0. The van der Waals surface area contributed by atoms with Crippen LogP contribution in [0.25, 0.3) is 0 Å². The zero-order chi connectivity index (χ0) is 5.21. The van der Waals surface area contributed by atoms with Crippen molar-refractivity contribution in [1.82, 2.24) is 0 Å². The zero-order valence-corrected chi connectivity index (χ0v) is 9.06. The number of rotatable bonds is 0. The van der Waals surface area contributed by atoms with Crippen molar-refractivity contribution in [2.45, 2.75) is 5.51 Å². The van der Waals surface area contributed by atoms with Gasteiger partial charge in [0.1, 0.15) is 0 Å². The Hall–Kier alpha value is 1.08. The first kappa shape index (κ1) is 7.08. The topological polar surface area (TPSA) is 0 Å². The van der Waals surface area contributed by atoms with Crippen molar-refractivity contribution >= 4 is 8.24 Å². The van der Waals surface area contributed by atoms with Crippen molar-refractivity contribution < 1.29 is 37.8 Å². The minimum absolute atomic E-state index is 0.0764. The molecule has 0 aliphatic rings. The van der Waals surface area contributed by atoms with Gasteiger partial charge in [0.15, 0.2) is 0 Å². The first-order chi connectivity index (χ1) is 2.56. The minimum atomic E-state index is -3.96. The molecule has 0 bridgehead atoms. The van der Waals surface area contributed by atoms with E-state index in [4.69, 9.17) is 0 Å². The summed E-state index contributed by atoms with van der Waals surface area (Å²) in [5.74, 6) is 0. The predicted octanol–water partition coefficient (Wildman–Crippen LogP) is 1.70. The molecular weight excluding hydrogens is 302 g/mol. The predicted molar refractivity (Wildman–Crippen MR) is 13.6 cm³/mol. The summed E-state index contributed by atoms with van der Waals surface area (Å²) in [4.78, 5) is 0. The van der Waals surface area contributed by atoms with E-state index in [-0.39, 0.29) is 32.8 Å². The van der Waals surface area contributed by atoms with Crippen molar-refractivity contribution in [3.8, 4) is 0 Å². The summed E-state index contributed by atoms with van der Waals surface area (Å²) >= 11 is -0.204. The Bertz CT molecular complexity index is 40.5. The van der Waals surface area contributed by atoms with Gasteiger partial charge in [-0.3, -0.25) is 0 Å². The summed E-state index contributed by atoms with van der Waals surface area (Å²) < 4.78 is 32.4. The maximum absolute atomic E-state index is 10.8. The Labute approximate surface area is 51.6 Å². The van der Waals surface area contributed by atoms with Gasteiger partial charge in [-0.05, 0) is 0 Å². The number of hydrogen-bond donors (Lipinski definition) is 0. The summed E-state index contributed by atoms with van der Waals surface area (Å²) in [6.45, 7) is 0. The second-order valence-corrected chi connectivity index (χ2v) is 4.71. The van der Waals surface area contributed by atoms with Crippen molar-refractivity contribution in [2.75, 3.05) is 0 Å². The fraction of sp³-hybridized carbons (Fsp3) is 1.00. The fourth-order valence-electron chi connectivity index (χ4n) is 0. The van der Waals surface area contributed by atoms with E-state index in [9.17, 15) is 13.2 Å². The first-order valence-electron chi connectivity index (χ1n) is 1.06. The van der Waals surface area contributed by atoms with Crippen LogP contribution >= 0.6 is 8.24 Å².